The van der Waals surface area contributed by atoms with E-state index >= 15 is 0 Å². The van der Waals surface area contributed by atoms with Crippen molar-refractivity contribution < 1.29 is 13.2 Å². The molecule has 8 heteroatoms. The number of nitrogens with one attached hydrogen (secondary N) is 1. The fourth-order valence-electron chi connectivity index (χ4n) is 4.58. The molecular weight excluding hydrogens is 472 g/mol. The molecular formula is C28H28N4O3S. The molecule has 1 amide bonds. The predicted molar refractivity (Wildman–Crippen MR) is 144 cm³/mol. The predicted octanol–water partition coefficient (Wildman–Crippen LogP) is 3.76. The summed E-state index contributed by atoms with van der Waals surface area (Å²) in [6, 6.07) is 25.3. The number of carbonyl (C=O) groups excluding carboxylic acids is 1. The monoisotopic (exact) mass is 500 g/mol. The maximum atomic E-state index is 12.9. The number of rotatable bonds is 6. The highest BCUT2D eigenvalue weighted by Gasteiger charge is 2.28. The number of sulfonamides is 1. The lowest BCUT2D eigenvalue weighted by atomic mass is 9.97. The summed E-state index contributed by atoms with van der Waals surface area (Å²) in [5.74, 6) is -0.231. The molecule has 0 aromatic heterocycles. The number of amides is 1. The van der Waals surface area contributed by atoms with Crippen LogP contribution in [0, 0.1) is 6.92 Å². The second-order valence-electron chi connectivity index (χ2n) is 9.02. The number of hydrazone groups is 1. The van der Waals surface area contributed by atoms with Crippen LogP contribution in [0.25, 0.3) is 21.5 Å². The molecule has 0 aliphatic carbocycles. The minimum Gasteiger partial charge on any atom is -0.292 e. The third kappa shape index (κ3) is 5.02. The van der Waals surface area contributed by atoms with Crippen LogP contribution in [0.5, 0.6) is 0 Å². The number of aryl methyl sites for hydroxylation is 1. The lowest BCUT2D eigenvalue weighted by Gasteiger charge is -2.33. The first-order valence-corrected chi connectivity index (χ1v) is 13.4. The molecule has 5 rings (SSSR count). The largest absolute Gasteiger partial charge is 0.292 e. The van der Waals surface area contributed by atoms with Crippen LogP contribution in [0.3, 0.4) is 0 Å². The van der Waals surface area contributed by atoms with E-state index in [0.717, 1.165) is 32.7 Å². The zero-order chi connectivity index (χ0) is 25.1. The Kier molecular flexibility index (Phi) is 6.82. The second kappa shape index (κ2) is 10.2. The SMILES string of the molecule is Cc1ccc(S(=O)(=O)N2CCN(CC(=O)N/N=C\c3c4ccccc4cc4ccccc34)CC2)cc1. The van der Waals surface area contributed by atoms with Gasteiger partial charge in [0.1, 0.15) is 0 Å². The van der Waals surface area contributed by atoms with Crippen LogP contribution in [0.1, 0.15) is 11.1 Å². The molecule has 4 aromatic carbocycles. The van der Waals surface area contributed by atoms with Gasteiger partial charge in [-0.15, -0.1) is 0 Å². The van der Waals surface area contributed by atoms with Gasteiger partial charge < -0.3 is 0 Å². The summed E-state index contributed by atoms with van der Waals surface area (Å²) in [7, 11) is -3.53. The molecule has 7 nitrogen and oxygen atoms in total. The number of fused-ring (bicyclic) bond motifs is 2. The highest BCUT2D eigenvalue weighted by molar-refractivity contribution is 7.89. The summed E-state index contributed by atoms with van der Waals surface area (Å²) in [4.78, 5) is 14.8. The molecule has 1 heterocycles. The van der Waals surface area contributed by atoms with Gasteiger partial charge in [-0.1, -0.05) is 66.2 Å². The van der Waals surface area contributed by atoms with Gasteiger partial charge in [0.15, 0.2) is 0 Å². The van der Waals surface area contributed by atoms with Gasteiger partial charge >= 0.3 is 0 Å². The molecule has 0 saturated carbocycles. The molecule has 184 valence electrons. The van der Waals surface area contributed by atoms with Gasteiger partial charge in [0.05, 0.1) is 17.7 Å². The summed E-state index contributed by atoms with van der Waals surface area (Å²) < 4.78 is 27.3. The number of carbonyl (C=O) groups is 1. The van der Waals surface area contributed by atoms with Crippen molar-refractivity contribution in [2.45, 2.75) is 11.8 Å². The standard InChI is InChI=1S/C28H28N4O3S/c1-21-10-12-24(13-11-21)36(34,35)32-16-14-31(15-17-32)20-28(33)30-29-19-27-25-8-4-2-6-22(25)18-23-7-3-5-9-26(23)27/h2-13,18-19H,14-17,20H2,1H3,(H,30,33)/b29-19-. The Labute approximate surface area is 211 Å². The van der Waals surface area contributed by atoms with E-state index in [4.69, 9.17) is 0 Å². The Morgan fingerprint density at radius 3 is 2.08 bits per heavy atom. The van der Waals surface area contributed by atoms with Crippen molar-refractivity contribution in [1.82, 2.24) is 14.6 Å². The maximum absolute atomic E-state index is 12.9. The molecule has 0 bridgehead atoms. The van der Waals surface area contributed by atoms with E-state index < -0.39 is 10.0 Å². The van der Waals surface area contributed by atoms with E-state index in [0.29, 0.717) is 31.1 Å². The normalized spacial score (nSPS) is 15.6. The van der Waals surface area contributed by atoms with Gasteiger partial charge in [-0.2, -0.15) is 9.41 Å². The van der Waals surface area contributed by atoms with Crippen LogP contribution in [-0.4, -0.2) is 62.5 Å². The third-order valence-corrected chi connectivity index (χ3v) is 8.47. The highest BCUT2D eigenvalue weighted by atomic mass is 32.2. The van der Waals surface area contributed by atoms with Crippen molar-refractivity contribution in [2.24, 2.45) is 5.10 Å². The first kappa shape index (κ1) is 24.1. The van der Waals surface area contributed by atoms with E-state index in [1.54, 1.807) is 30.5 Å². The van der Waals surface area contributed by atoms with E-state index in [1.807, 2.05) is 36.1 Å². The third-order valence-electron chi connectivity index (χ3n) is 6.55. The molecule has 0 atom stereocenters. The number of nitrogens with zero attached hydrogens (tertiary/aromatic N) is 3. The Morgan fingerprint density at radius 2 is 1.47 bits per heavy atom. The smallest absolute Gasteiger partial charge is 0.254 e. The number of hydrogen-bond acceptors (Lipinski definition) is 5. The molecule has 0 spiro atoms. The summed E-state index contributed by atoms with van der Waals surface area (Å²) in [6.07, 6.45) is 1.70. The summed E-state index contributed by atoms with van der Waals surface area (Å²) >= 11 is 0. The molecule has 4 aromatic rings. The van der Waals surface area contributed by atoms with Gasteiger partial charge in [-0.05, 0) is 46.7 Å². The van der Waals surface area contributed by atoms with Crippen LogP contribution in [0.4, 0.5) is 0 Å². The van der Waals surface area contributed by atoms with Crippen LogP contribution in [-0.2, 0) is 14.8 Å². The minimum atomic E-state index is -3.53. The van der Waals surface area contributed by atoms with Crippen molar-refractivity contribution in [2.75, 3.05) is 32.7 Å². The van der Waals surface area contributed by atoms with Gasteiger partial charge in [0.2, 0.25) is 10.0 Å². The number of piperazine rings is 1. The zero-order valence-electron chi connectivity index (χ0n) is 20.1. The van der Waals surface area contributed by atoms with E-state index in [9.17, 15) is 13.2 Å². The lowest BCUT2D eigenvalue weighted by Crippen LogP contribution is -2.50. The quantitative estimate of drug-likeness (QED) is 0.248. The van der Waals surface area contributed by atoms with Crippen LogP contribution >= 0.6 is 0 Å². The first-order valence-electron chi connectivity index (χ1n) is 11.9. The van der Waals surface area contributed by atoms with Crippen LogP contribution < -0.4 is 5.43 Å². The van der Waals surface area contributed by atoms with E-state index in [-0.39, 0.29) is 12.5 Å². The van der Waals surface area contributed by atoms with Crippen molar-refractivity contribution in [1.29, 1.82) is 0 Å². The second-order valence-corrected chi connectivity index (χ2v) is 11.0. The summed E-state index contributed by atoms with van der Waals surface area (Å²) in [6.45, 7) is 3.73. The molecule has 36 heavy (non-hydrogen) atoms. The Bertz CT molecular complexity index is 1490. The first-order chi connectivity index (χ1) is 17.4. The van der Waals surface area contributed by atoms with Crippen molar-refractivity contribution in [3.8, 4) is 0 Å². The number of benzene rings is 4. The van der Waals surface area contributed by atoms with Crippen molar-refractivity contribution in [3.63, 3.8) is 0 Å². The van der Waals surface area contributed by atoms with E-state index in [1.165, 1.54) is 4.31 Å². The molecule has 0 unspecified atom stereocenters. The fourth-order valence-corrected chi connectivity index (χ4v) is 6.00. The zero-order valence-corrected chi connectivity index (χ0v) is 20.9. The fraction of sp³-hybridized carbons (Fsp3) is 0.214. The van der Waals surface area contributed by atoms with Crippen LogP contribution in [0.15, 0.2) is 88.9 Å². The lowest BCUT2D eigenvalue weighted by molar-refractivity contribution is -0.122. The topological polar surface area (TPSA) is 82.1 Å². The van der Waals surface area contributed by atoms with Gasteiger partial charge in [0, 0.05) is 31.7 Å². The Morgan fingerprint density at radius 1 is 0.889 bits per heavy atom. The Hall–Kier alpha value is -3.59. The molecule has 1 fully saturated rings. The molecule has 1 N–H and O–H groups in total. The maximum Gasteiger partial charge on any atom is 0.254 e. The van der Waals surface area contributed by atoms with Crippen LogP contribution in [0.2, 0.25) is 0 Å². The minimum absolute atomic E-state index is 0.159. The molecule has 0 radical (unpaired) electrons. The van der Waals surface area contributed by atoms with Crippen molar-refractivity contribution in [3.05, 3.63) is 90.0 Å². The molecule has 1 aliphatic rings. The highest BCUT2D eigenvalue weighted by Crippen LogP contribution is 2.27. The number of hydrogen-bond donors (Lipinski definition) is 1. The van der Waals surface area contributed by atoms with E-state index in [2.05, 4.69) is 40.9 Å². The van der Waals surface area contributed by atoms with Gasteiger partial charge in [-0.25, -0.2) is 13.8 Å². The average Bonchev–Trinajstić information content (AvgIpc) is 2.89. The summed E-state index contributed by atoms with van der Waals surface area (Å²) in [5, 5.41) is 8.62. The van der Waals surface area contributed by atoms with Crippen molar-refractivity contribution >= 4 is 43.7 Å². The van der Waals surface area contributed by atoms with Gasteiger partial charge in [0.25, 0.3) is 5.91 Å². The Balaban J connectivity index is 1.21. The molecule has 1 aliphatic heterocycles. The average molecular weight is 501 g/mol. The summed E-state index contributed by atoms with van der Waals surface area (Å²) in [5.41, 5.74) is 4.61. The molecule has 1 saturated heterocycles. The van der Waals surface area contributed by atoms with Gasteiger partial charge in [-0.3, -0.25) is 9.69 Å².